The second-order valence-electron chi connectivity index (χ2n) is 3.81. The fraction of sp³-hybridized carbons (Fsp3) is 0.700. The summed E-state index contributed by atoms with van der Waals surface area (Å²) in [5, 5.41) is 8.87. The Labute approximate surface area is 68.7 Å². The molecule has 0 bridgehead atoms. The summed E-state index contributed by atoms with van der Waals surface area (Å²) in [5.74, 6) is 0.567. The molecule has 0 N–H and O–H groups in total. The van der Waals surface area contributed by atoms with Gasteiger partial charge in [0.2, 0.25) is 0 Å². The average Bonchev–Trinajstić information content (AvgIpc) is 2.06. The second-order valence-corrected chi connectivity index (χ2v) is 3.81. The van der Waals surface area contributed by atoms with Gasteiger partial charge in [-0.05, 0) is 39.0 Å². The maximum absolute atomic E-state index is 8.87. The van der Waals surface area contributed by atoms with Crippen molar-refractivity contribution < 1.29 is 0 Å². The molecule has 0 saturated carbocycles. The number of rotatable bonds is 1. The number of nitrogens with zero attached hydrogens (tertiary/aromatic N) is 1. The van der Waals surface area contributed by atoms with Gasteiger partial charge < -0.3 is 0 Å². The molecule has 0 aromatic rings. The molecule has 0 aromatic heterocycles. The van der Waals surface area contributed by atoms with Crippen LogP contribution in [0.5, 0.6) is 0 Å². The van der Waals surface area contributed by atoms with Crippen molar-refractivity contribution in [3.63, 3.8) is 0 Å². The predicted molar refractivity (Wildman–Crippen MR) is 45.9 cm³/mol. The van der Waals surface area contributed by atoms with E-state index in [0.717, 1.165) is 12.8 Å². The first-order valence-electron chi connectivity index (χ1n) is 4.23. The summed E-state index contributed by atoms with van der Waals surface area (Å²) in [4.78, 5) is 0. The smallest absolute Gasteiger partial charge is 0.0686 e. The van der Waals surface area contributed by atoms with Crippen LogP contribution < -0.4 is 0 Å². The van der Waals surface area contributed by atoms with Crippen molar-refractivity contribution in [1.82, 2.24) is 0 Å². The molecule has 1 nitrogen and oxygen atoms in total. The van der Waals surface area contributed by atoms with E-state index in [1.807, 2.05) is 13.8 Å². The Kier molecular flexibility index (Phi) is 2.34. The molecule has 11 heavy (non-hydrogen) atoms. The normalized spacial score (nSPS) is 24.6. The third-order valence-corrected chi connectivity index (χ3v) is 2.58. The molecule has 1 atom stereocenters. The van der Waals surface area contributed by atoms with Crippen LogP contribution in [0, 0.1) is 22.7 Å². The average molecular weight is 149 g/mol. The van der Waals surface area contributed by atoms with Gasteiger partial charge >= 0.3 is 0 Å². The quantitative estimate of drug-likeness (QED) is 0.526. The van der Waals surface area contributed by atoms with Crippen molar-refractivity contribution in [2.75, 3.05) is 0 Å². The first kappa shape index (κ1) is 8.33. The van der Waals surface area contributed by atoms with Gasteiger partial charge in [0.15, 0.2) is 0 Å². The van der Waals surface area contributed by atoms with E-state index in [9.17, 15) is 0 Å². The number of hydrogen-bond acceptors (Lipinski definition) is 1. The molecular formula is C10H15N. The van der Waals surface area contributed by atoms with Crippen molar-refractivity contribution in [3.05, 3.63) is 12.2 Å². The maximum atomic E-state index is 8.87. The molecule has 0 heterocycles. The van der Waals surface area contributed by atoms with Crippen LogP contribution >= 0.6 is 0 Å². The molecule has 0 saturated heterocycles. The van der Waals surface area contributed by atoms with Crippen LogP contribution in [0.4, 0.5) is 0 Å². The van der Waals surface area contributed by atoms with Crippen molar-refractivity contribution in [2.24, 2.45) is 11.3 Å². The highest BCUT2D eigenvalue weighted by molar-refractivity contribution is 5.02. The van der Waals surface area contributed by atoms with Crippen LogP contribution in [0.15, 0.2) is 12.2 Å². The van der Waals surface area contributed by atoms with Crippen molar-refractivity contribution >= 4 is 0 Å². The predicted octanol–water partition coefficient (Wildman–Crippen LogP) is 2.89. The molecule has 1 rings (SSSR count). The Balaban J connectivity index is 2.61. The van der Waals surface area contributed by atoms with Gasteiger partial charge in [-0.1, -0.05) is 12.2 Å². The zero-order chi connectivity index (χ0) is 8.32. The third kappa shape index (κ3) is 1.83. The standard InChI is InChI=1S/C10H15N/c1-10(2,8-11)9-6-4-3-5-7-9/h3-4,9H,5-7H2,1-2H3. The van der Waals surface area contributed by atoms with Gasteiger partial charge in [0.1, 0.15) is 0 Å². The van der Waals surface area contributed by atoms with Crippen LogP contribution in [0.1, 0.15) is 33.1 Å². The van der Waals surface area contributed by atoms with Gasteiger partial charge in [-0.25, -0.2) is 0 Å². The third-order valence-electron chi connectivity index (χ3n) is 2.58. The van der Waals surface area contributed by atoms with E-state index in [4.69, 9.17) is 5.26 Å². The molecule has 0 spiro atoms. The number of nitriles is 1. The summed E-state index contributed by atoms with van der Waals surface area (Å²) in [6.45, 7) is 4.08. The Morgan fingerprint density at radius 2 is 2.18 bits per heavy atom. The van der Waals surface area contributed by atoms with Gasteiger partial charge in [-0.3, -0.25) is 0 Å². The summed E-state index contributed by atoms with van der Waals surface area (Å²) >= 11 is 0. The largest absolute Gasteiger partial charge is 0.198 e. The monoisotopic (exact) mass is 149 g/mol. The molecule has 0 amide bonds. The molecule has 1 heteroatoms. The number of allylic oxidation sites excluding steroid dienone is 2. The SMILES string of the molecule is CC(C)(C#N)C1CC=CCC1. The van der Waals surface area contributed by atoms with E-state index in [0.29, 0.717) is 5.92 Å². The lowest BCUT2D eigenvalue weighted by Crippen LogP contribution is -2.22. The molecule has 60 valence electrons. The summed E-state index contributed by atoms with van der Waals surface area (Å²) in [6, 6.07) is 2.38. The Morgan fingerprint density at radius 1 is 1.45 bits per heavy atom. The molecule has 0 fully saturated rings. The minimum atomic E-state index is -0.134. The van der Waals surface area contributed by atoms with Gasteiger partial charge in [-0.15, -0.1) is 0 Å². The first-order chi connectivity index (χ1) is 5.17. The lowest BCUT2D eigenvalue weighted by Gasteiger charge is -2.28. The molecule has 1 aliphatic rings. The Hall–Kier alpha value is -0.770. The van der Waals surface area contributed by atoms with E-state index in [2.05, 4.69) is 18.2 Å². The Morgan fingerprint density at radius 3 is 2.64 bits per heavy atom. The van der Waals surface area contributed by atoms with Crippen LogP contribution in [-0.2, 0) is 0 Å². The fourth-order valence-corrected chi connectivity index (χ4v) is 1.54. The highest BCUT2D eigenvalue weighted by Crippen LogP contribution is 2.34. The van der Waals surface area contributed by atoms with E-state index >= 15 is 0 Å². The van der Waals surface area contributed by atoms with Crippen LogP contribution in [-0.4, -0.2) is 0 Å². The van der Waals surface area contributed by atoms with Crippen molar-refractivity contribution in [1.29, 1.82) is 5.26 Å². The minimum absolute atomic E-state index is 0.134. The molecule has 0 aromatic carbocycles. The first-order valence-corrected chi connectivity index (χ1v) is 4.23. The van der Waals surface area contributed by atoms with Gasteiger partial charge in [-0.2, -0.15) is 5.26 Å². The van der Waals surface area contributed by atoms with Gasteiger partial charge in [0.25, 0.3) is 0 Å². The number of hydrogen-bond donors (Lipinski definition) is 0. The Bertz CT molecular complexity index is 195. The summed E-state index contributed by atoms with van der Waals surface area (Å²) in [5.41, 5.74) is -0.134. The summed E-state index contributed by atoms with van der Waals surface area (Å²) < 4.78 is 0. The molecule has 0 radical (unpaired) electrons. The maximum Gasteiger partial charge on any atom is 0.0686 e. The lowest BCUT2D eigenvalue weighted by atomic mass is 9.74. The van der Waals surface area contributed by atoms with Gasteiger partial charge in [0, 0.05) is 0 Å². The minimum Gasteiger partial charge on any atom is -0.198 e. The highest BCUT2D eigenvalue weighted by atomic mass is 14.4. The zero-order valence-electron chi connectivity index (χ0n) is 7.30. The molecule has 1 unspecified atom stereocenters. The molecule has 0 aliphatic heterocycles. The summed E-state index contributed by atoms with van der Waals surface area (Å²) in [6.07, 6.45) is 7.82. The van der Waals surface area contributed by atoms with Crippen molar-refractivity contribution in [2.45, 2.75) is 33.1 Å². The van der Waals surface area contributed by atoms with E-state index in [-0.39, 0.29) is 5.41 Å². The highest BCUT2D eigenvalue weighted by Gasteiger charge is 2.28. The van der Waals surface area contributed by atoms with E-state index < -0.39 is 0 Å². The summed E-state index contributed by atoms with van der Waals surface area (Å²) in [7, 11) is 0. The topological polar surface area (TPSA) is 23.8 Å². The second kappa shape index (κ2) is 3.09. The lowest BCUT2D eigenvalue weighted by molar-refractivity contribution is 0.272. The zero-order valence-corrected chi connectivity index (χ0v) is 7.30. The fourth-order valence-electron chi connectivity index (χ4n) is 1.54. The molecule has 1 aliphatic carbocycles. The van der Waals surface area contributed by atoms with E-state index in [1.165, 1.54) is 6.42 Å². The van der Waals surface area contributed by atoms with Crippen LogP contribution in [0.2, 0.25) is 0 Å². The van der Waals surface area contributed by atoms with E-state index in [1.54, 1.807) is 0 Å². The van der Waals surface area contributed by atoms with Crippen LogP contribution in [0.3, 0.4) is 0 Å². The van der Waals surface area contributed by atoms with Crippen molar-refractivity contribution in [3.8, 4) is 6.07 Å². The molecular weight excluding hydrogens is 134 g/mol. The van der Waals surface area contributed by atoms with Crippen LogP contribution in [0.25, 0.3) is 0 Å². The van der Waals surface area contributed by atoms with Gasteiger partial charge in [0.05, 0.1) is 11.5 Å².